The van der Waals surface area contributed by atoms with Gasteiger partial charge in [0.2, 0.25) is 0 Å². The van der Waals surface area contributed by atoms with Gasteiger partial charge in [-0.15, -0.1) is 0 Å². The number of Topliss-reactive ketones (excluding diaryl/α,β-unsaturated/α-hetero) is 1. The molecule has 1 aliphatic heterocycles. The number of aliphatic hydroxyl groups is 1. The second-order valence-corrected chi connectivity index (χ2v) is 8.35. The van der Waals surface area contributed by atoms with Gasteiger partial charge in [-0.1, -0.05) is 35.9 Å². The molecule has 35 heavy (non-hydrogen) atoms. The summed E-state index contributed by atoms with van der Waals surface area (Å²) in [5.74, 6) is -2.33. The molecule has 1 aliphatic rings. The number of anilines is 1. The van der Waals surface area contributed by atoms with Crippen molar-refractivity contribution in [1.29, 1.82) is 0 Å². The van der Waals surface area contributed by atoms with Crippen molar-refractivity contribution in [2.75, 3.05) is 11.5 Å². The Kier molecular flexibility index (Phi) is 6.89. The van der Waals surface area contributed by atoms with E-state index in [2.05, 4.69) is 0 Å². The van der Waals surface area contributed by atoms with Crippen molar-refractivity contribution in [3.8, 4) is 5.75 Å². The highest BCUT2D eigenvalue weighted by Gasteiger charge is 2.46. The van der Waals surface area contributed by atoms with Crippen molar-refractivity contribution in [2.24, 2.45) is 0 Å². The normalized spacial score (nSPS) is 17.0. The zero-order valence-electron chi connectivity index (χ0n) is 18.8. The van der Waals surface area contributed by atoms with E-state index in [1.807, 2.05) is 0 Å². The Bertz CT molecular complexity index is 1300. The number of carbonyl (C=O) groups excluding carboxylic acids is 3. The number of ketones is 1. The Morgan fingerprint density at radius 1 is 0.971 bits per heavy atom. The molecule has 1 atom stereocenters. The van der Waals surface area contributed by atoms with Gasteiger partial charge in [-0.05, 0) is 66.6 Å². The highest BCUT2D eigenvalue weighted by atomic mass is 35.5. The number of hydrogen-bond acceptors (Lipinski definition) is 6. The van der Waals surface area contributed by atoms with E-state index in [1.54, 1.807) is 67.6 Å². The van der Waals surface area contributed by atoms with Gasteiger partial charge in [0.1, 0.15) is 11.5 Å². The van der Waals surface area contributed by atoms with Crippen LogP contribution in [0.5, 0.6) is 5.75 Å². The predicted molar refractivity (Wildman–Crippen MR) is 131 cm³/mol. The maximum absolute atomic E-state index is 13.2. The summed E-state index contributed by atoms with van der Waals surface area (Å²) in [7, 11) is 0. The first-order chi connectivity index (χ1) is 16.8. The van der Waals surface area contributed by atoms with Crippen LogP contribution in [-0.4, -0.2) is 34.5 Å². The van der Waals surface area contributed by atoms with E-state index >= 15 is 0 Å². The molecule has 0 spiro atoms. The zero-order chi connectivity index (χ0) is 25.1. The average molecular weight is 492 g/mol. The molecule has 7 nitrogen and oxygen atoms in total. The third-order valence-electron chi connectivity index (χ3n) is 5.64. The van der Waals surface area contributed by atoms with Gasteiger partial charge in [0.15, 0.2) is 0 Å². The highest BCUT2D eigenvalue weighted by Crippen LogP contribution is 2.42. The van der Waals surface area contributed by atoms with E-state index in [-0.39, 0.29) is 36.1 Å². The molecule has 1 heterocycles. The lowest BCUT2D eigenvalue weighted by Gasteiger charge is -2.25. The average Bonchev–Trinajstić information content (AvgIpc) is 3.11. The van der Waals surface area contributed by atoms with Gasteiger partial charge in [-0.25, -0.2) is 0 Å². The minimum absolute atomic E-state index is 0.0201. The van der Waals surface area contributed by atoms with Crippen LogP contribution in [0, 0.1) is 0 Å². The van der Waals surface area contributed by atoms with E-state index < -0.39 is 17.7 Å². The quantitative estimate of drug-likeness (QED) is 0.222. The number of phenolic OH excluding ortho intramolecular Hbond substituents is 1. The molecule has 1 amide bonds. The molecule has 0 aromatic heterocycles. The first kappa shape index (κ1) is 24.0. The summed E-state index contributed by atoms with van der Waals surface area (Å²) in [5, 5.41) is 21.3. The van der Waals surface area contributed by atoms with E-state index in [1.165, 1.54) is 17.0 Å². The van der Waals surface area contributed by atoms with Crippen LogP contribution in [0.3, 0.4) is 0 Å². The van der Waals surface area contributed by atoms with Crippen LogP contribution in [0.15, 0.2) is 78.4 Å². The standard InChI is InChI=1S/C27H22ClNO6/c1-2-35-22(31)15-16-3-11-20(12-4-16)29-24(17-7-13-21(30)14-8-17)23(26(33)27(29)34)25(32)18-5-9-19(28)10-6-18/h3-14,24,30,32H,2,15H2,1H3/b25-23+. The Balaban J connectivity index is 1.80. The van der Waals surface area contributed by atoms with Gasteiger partial charge in [0, 0.05) is 16.3 Å². The third kappa shape index (κ3) is 4.90. The molecule has 8 heteroatoms. The van der Waals surface area contributed by atoms with Crippen molar-refractivity contribution < 1.29 is 29.3 Å². The van der Waals surface area contributed by atoms with Crippen LogP contribution in [0.1, 0.15) is 29.7 Å². The molecule has 0 saturated carbocycles. The smallest absolute Gasteiger partial charge is 0.310 e. The molecule has 0 aliphatic carbocycles. The molecular formula is C27H22ClNO6. The largest absolute Gasteiger partial charge is 0.508 e. The maximum Gasteiger partial charge on any atom is 0.310 e. The number of aliphatic hydroxyl groups excluding tert-OH is 1. The lowest BCUT2D eigenvalue weighted by atomic mass is 9.95. The number of rotatable bonds is 6. The minimum Gasteiger partial charge on any atom is -0.508 e. The number of benzene rings is 3. The van der Waals surface area contributed by atoms with Gasteiger partial charge in [0.25, 0.3) is 11.7 Å². The second-order valence-electron chi connectivity index (χ2n) is 7.92. The summed E-state index contributed by atoms with van der Waals surface area (Å²) >= 11 is 5.95. The van der Waals surface area contributed by atoms with Crippen molar-refractivity contribution in [2.45, 2.75) is 19.4 Å². The first-order valence-corrected chi connectivity index (χ1v) is 11.3. The summed E-state index contributed by atoms with van der Waals surface area (Å²) in [6, 6.07) is 18.0. The van der Waals surface area contributed by atoms with E-state index in [4.69, 9.17) is 16.3 Å². The fraction of sp³-hybridized carbons (Fsp3) is 0.148. The zero-order valence-corrected chi connectivity index (χ0v) is 19.5. The van der Waals surface area contributed by atoms with Gasteiger partial charge < -0.3 is 14.9 Å². The molecule has 3 aromatic carbocycles. The van der Waals surface area contributed by atoms with Gasteiger partial charge in [0.05, 0.1) is 24.6 Å². The molecular weight excluding hydrogens is 470 g/mol. The van der Waals surface area contributed by atoms with Crippen LogP contribution in [0.2, 0.25) is 5.02 Å². The number of carbonyl (C=O) groups is 3. The molecule has 2 N–H and O–H groups in total. The molecule has 0 bridgehead atoms. The first-order valence-electron chi connectivity index (χ1n) is 10.9. The lowest BCUT2D eigenvalue weighted by Crippen LogP contribution is -2.29. The summed E-state index contributed by atoms with van der Waals surface area (Å²) in [4.78, 5) is 39.4. The van der Waals surface area contributed by atoms with Crippen LogP contribution in [-0.2, 0) is 25.5 Å². The number of ether oxygens (including phenoxy) is 1. The summed E-state index contributed by atoms with van der Waals surface area (Å²) in [6.07, 6.45) is 0.0743. The number of hydrogen-bond donors (Lipinski definition) is 2. The van der Waals surface area contributed by atoms with Crippen molar-refractivity contribution in [3.05, 3.63) is 100 Å². The van der Waals surface area contributed by atoms with Gasteiger partial charge in [-0.3, -0.25) is 19.3 Å². The van der Waals surface area contributed by atoms with Crippen molar-refractivity contribution in [3.63, 3.8) is 0 Å². The van der Waals surface area contributed by atoms with E-state index in [0.717, 1.165) is 0 Å². The summed E-state index contributed by atoms with van der Waals surface area (Å²) in [6.45, 7) is 2.01. The number of amides is 1. The Labute approximate surface area is 206 Å². The molecule has 1 saturated heterocycles. The van der Waals surface area contributed by atoms with E-state index in [0.29, 0.717) is 27.4 Å². The summed E-state index contributed by atoms with van der Waals surface area (Å²) in [5.41, 5.74) is 1.87. The number of phenols is 1. The SMILES string of the molecule is CCOC(=O)Cc1ccc(N2C(=O)C(=O)/C(=C(/O)c3ccc(Cl)cc3)C2c2ccc(O)cc2)cc1. The molecule has 4 rings (SSSR count). The predicted octanol–water partition coefficient (Wildman–Crippen LogP) is 4.78. The van der Waals surface area contributed by atoms with Crippen molar-refractivity contribution >= 4 is 40.7 Å². The lowest BCUT2D eigenvalue weighted by molar-refractivity contribution is -0.142. The van der Waals surface area contributed by atoms with Gasteiger partial charge in [-0.2, -0.15) is 0 Å². The fourth-order valence-electron chi connectivity index (χ4n) is 3.99. The second kappa shape index (κ2) is 10.0. The molecule has 1 fully saturated rings. The van der Waals surface area contributed by atoms with Crippen LogP contribution < -0.4 is 4.90 Å². The van der Waals surface area contributed by atoms with Gasteiger partial charge >= 0.3 is 5.97 Å². The maximum atomic E-state index is 13.2. The molecule has 1 unspecified atom stereocenters. The fourth-order valence-corrected chi connectivity index (χ4v) is 4.11. The number of esters is 1. The van der Waals surface area contributed by atoms with Crippen LogP contribution in [0.4, 0.5) is 5.69 Å². The Morgan fingerprint density at radius 3 is 2.20 bits per heavy atom. The molecule has 3 aromatic rings. The van der Waals surface area contributed by atoms with Crippen molar-refractivity contribution in [1.82, 2.24) is 0 Å². The third-order valence-corrected chi connectivity index (χ3v) is 5.89. The number of halogens is 1. The Morgan fingerprint density at radius 2 is 1.60 bits per heavy atom. The van der Waals surface area contributed by atoms with Crippen LogP contribution in [0.25, 0.3) is 5.76 Å². The monoisotopic (exact) mass is 491 g/mol. The highest BCUT2D eigenvalue weighted by molar-refractivity contribution is 6.51. The molecule has 178 valence electrons. The number of aromatic hydroxyl groups is 1. The summed E-state index contributed by atoms with van der Waals surface area (Å²) < 4.78 is 4.97. The van der Waals surface area contributed by atoms with E-state index in [9.17, 15) is 24.6 Å². The van der Waals surface area contributed by atoms with Crippen LogP contribution >= 0.6 is 11.6 Å². The number of nitrogens with zero attached hydrogens (tertiary/aromatic N) is 1. The minimum atomic E-state index is -0.942. The molecule has 0 radical (unpaired) electrons. The topological polar surface area (TPSA) is 104 Å². The Hall–Kier alpha value is -4.10.